The molecule has 0 N–H and O–H groups in total. The number of ether oxygens (including phenoxy) is 1. The molecule has 2 rings (SSSR count). The molecule has 1 aliphatic rings. The molecule has 1 atom stereocenters. The number of nitro groups is 1. The number of hydrogen-bond donors (Lipinski definition) is 0. The number of aryl methyl sites for hydroxylation is 1. The first-order valence-corrected chi connectivity index (χ1v) is 7.73. The normalized spacial score (nSPS) is 20.4. The highest BCUT2D eigenvalue weighted by molar-refractivity contribution is 7.89. The van der Waals surface area contributed by atoms with Crippen LogP contribution >= 0.6 is 0 Å². The van der Waals surface area contributed by atoms with E-state index in [1.165, 1.54) is 11.2 Å². The molecule has 1 aliphatic heterocycles. The van der Waals surface area contributed by atoms with E-state index in [0.29, 0.717) is 0 Å². The maximum atomic E-state index is 13.7. The second-order valence-electron chi connectivity index (χ2n) is 4.87. The van der Waals surface area contributed by atoms with Crippen LogP contribution in [0.1, 0.15) is 12.5 Å². The molecule has 0 amide bonds. The van der Waals surface area contributed by atoms with Crippen LogP contribution in [-0.2, 0) is 14.8 Å². The lowest BCUT2D eigenvalue weighted by atomic mass is 10.2. The summed E-state index contributed by atoms with van der Waals surface area (Å²) in [6.07, 6.45) is 0. The lowest BCUT2D eigenvalue weighted by molar-refractivity contribution is -0.387. The first-order valence-electron chi connectivity index (χ1n) is 6.29. The van der Waals surface area contributed by atoms with Gasteiger partial charge in [-0.15, -0.1) is 0 Å². The van der Waals surface area contributed by atoms with E-state index < -0.39 is 26.5 Å². The Hall–Kier alpha value is -1.58. The molecule has 0 aromatic heterocycles. The quantitative estimate of drug-likeness (QED) is 0.621. The van der Waals surface area contributed by atoms with E-state index in [9.17, 15) is 22.9 Å². The standard InChI is InChI=1S/C12H15FN2O5S/c1-8-5-10(6-11(12(8)13)15(16)17)21(18,19)14-3-4-20-7-9(14)2/h5-6,9H,3-4,7H2,1-2H3/t9-/m1/s1. The first kappa shape index (κ1) is 15.8. The molecule has 1 aromatic carbocycles. The molecule has 0 bridgehead atoms. The zero-order valence-corrected chi connectivity index (χ0v) is 12.4. The fourth-order valence-corrected chi connectivity index (χ4v) is 3.91. The third kappa shape index (κ3) is 2.89. The van der Waals surface area contributed by atoms with Gasteiger partial charge in [0, 0.05) is 18.7 Å². The molecule has 0 radical (unpaired) electrons. The maximum Gasteiger partial charge on any atom is 0.306 e. The number of sulfonamides is 1. The molecule has 0 aliphatic carbocycles. The number of benzene rings is 1. The SMILES string of the molecule is Cc1cc(S(=O)(=O)N2CCOC[C@H]2C)cc([N+](=O)[O-])c1F. The molecule has 0 saturated carbocycles. The van der Waals surface area contributed by atoms with Crippen molar-refractivity contribution in [2.45, 2.75) is 24.8 Å². The molecule has 1 saturated heterocycles. The summed E-state index contributed by atoms with van der Waals surface area (Å²) in [4.78, 5) is 9.63. The Morgan fingerprint density at radius 1 is 1.48 bits per heavy atom. The van der Waals surface area contributed by atoms with Crippen LogP contribution in [0.25, 0.3) is 0 Å². The number of rotatable bonds is 3. The number of nitro benzene ring substituents is 1. The highest BCUT2D eigenvalue weighted by atomic mass is 32.2. The Morgan fingerprint density at radius 3 is 2.71 bits per heavy atom. The van der Waals surface area contributed by atoms with Crippen LogP contribution in [0.5, 0.6) is 0 Å². The summed E-state index contributed by atoms with van der Waals surface area (Å²) in [6.45, 7) is 3.65. The van der Waals surface area contributed by atoms with Crippen molar-refractivity contribution in [1.82, 2.24) is 4.31 Å². The summed E-state index contributed by atoms with van der Waals surface area (Å²) in [7, 11) is -3.92. The van der Waals surface area contributed by atoms with Gasteiger partial charge in [-0.2, -0.15) is 8.70 Å². The second-order valence-corrected chi connectivity index (χ2v) is 6.76. The molecular formula is C12H15FN2O5S. The average Bonchev–Trinajstić information content (AvgIpc) is 2.41. The molecule has 116 valence electrons. The molecule has 0 unspecified atom stereocenters. The Balaban J connectivity index is 2.52. The predicted octanol–water partition coefficient (Wildman–Crippen LogP) is 1.45. The molecule has 7 nitrogen and oxygen atoms in total. The van der Waals surface area contributed by atoms with E-state index in [1.54, 1.807) is 6.92 Å². The van der Waals surface area contributed by atoms with Gasteiger partial charge in [0.15, 0.2) is 0 Å². The maximum absolute atomic E-state index is 13.7. The lowest BCUT2D eigenvalue weighted by Crippen LogP contribution is -2.46. The van der Waals surface area contributed by atoms with Gasteiger partial charge < -0.3 is 4.74 Å². The minimum absolute atomic E-state index is 0.0799. The second kappa shape index (κ2) is 5.66. The molecule has 21 heavy (non-hydrogen) atoms. The number of morpholine rings is 1. The van der Waals surface area contributed by atoms with E-state index in [-0.39, 0.29) is 36.3 Å². The fraction of sp³-hybridized carbons (Fsp3) is 0.500. The van der Waals surface area contributed by atoms with Gasteiger partial charge in [-0.1, -0.05) is 0 Å². The van der Waals surface area contributed by atoms with E-state index in [2.05, 4.69) is 0 Å². The number of halogens is 1. The van der Waals surface area contributed by atoms with Crippen LogP contribution in [-0.4, -0.2) is 43.4 Å². The Morgan fingerprint density at radius 2 is 2.14 bits per heavy atom. The van der Waals surface area contributed by atoms with Crippen LogP contribution in [0, 0.1) is 22.9 Å². The number of hydrogen-bond acceptors (Lipinski definition) is 5. The van der Waals surface area contributed by atoms with Crippen LogP contribution < -0.4 is 0 Å². The molecule has 9 heteroatoms. The Bertz CT molecular complexity index is 676. The molecule has 1 heterocycles. The van der Waals surface area contributed by atoms with Crippen molar-refractivity contribution < 1.29 is 22.5 Å². The van der Waals surface area contributed by atoms with Crippen LogP contribution in [0.3, 0.4) is 0 Å². The van der Waals surface area contributed by atoms with Gasteiger partial charge in [-0.3, -0.25) is 10.1 Å². The van der Waals surface area contributed by atoms with E-state index in [0.717, 1.165) is 12.1 Å². The van der Waals surface area contributed by atoms with Gasteiger partial charge >= 0.3 is 5.69 Å². The first-order chi connectivity index (χ1) is 9.75. The van der Waals surface area contributed by atoms with Crippen molar-refractivity contribution in [3.63, 3.8) is 0 Å². The third-order valence-corrected chi connectivity index (χ3v) is 5.31. The van der Waals surface area contributed by atoms with Crippen molar-refractivity contribution >= 4 is 15.7 Å². The predicted molar refractivity (Wildman–Crippen MR) is 72.0 cm³/mol. The van der Waals surface area contributed by atoms with Crippen LogP contribution in [0.2, 0.25) is 0 Å². The minimum atomic E-state index is -3.92. The highest BCUT2D eigenvalue weighted by Crippen LogP contribution is 2.28. The molecule has 1 aromatic rings. The third-order valence-electron chi connectivity index (χ3n) is 3.32. The lowest BCUT2D eigenvalue weighted by Gasteiger charge is -2.32. The van der Waals surface area contributed by atoms with Gasteiger partial charge in [0.25, 0.3) is 0 Å². The van der Waals surface area contributed by atoms with Crippen molar-refractivity contribution in [3.8, 4) is 0 Å². The average molecular weight is 318 g/mol. The van der Waals surface area contributed by atoms with E-state index >= 15 is 0 Å². The minimum Gasteiger partial charge on any atom is -0.378 e. The monoisotopic (exact) mass is 318 g/mol. The summed E-state index contributed by atoms with van der Waals surface area (Å²) in [6, 6.07) is 1.49. The highest BCUT2D eigenvalue weighted by Gasteiger charge is 2.33. The van der Waals surface area contributed by atoms with Crippen molar-refractivity contribution in [2.75, 3.05) is 19.8 Å². The molecule has 0 spiro atoms. The summed E-state index contributed by atoms with van der Waals surface area (Å²) in [5, 5.41) is 10.8. The fourth-order valence-electron chi connectivity index (χ4n) is 2.20. The Labute approximate surface area is 121 Å². The van der Waals surface area contributed by atoms with Gasteiger partial charge in [-0.05, 0) is 25.5 Å². The van der Waals surface area contributed by atoms with Gasteiger partial charge in [-0.25, -0.2) is 8.42 Å². The van der Waals surface area contributed by atoms with Crippen molar-refractivity contribution in [2.24, 2.45) is 0 Å². The summed E-state index contributed by atoms with van der Waals surface area (Å²) < 4.78 is 45.2. The summed E-state index contributed by atoms with van der Waals surface area (Å²) >= 11 is 0. The van der Waals surface area contributed by atoms with E-state index in [1.807, 2.05) is 0 Å². The van der Waals surface area contributed by atoms with Crippen molar-refractivity contribution in [1.29, 1.82) is 0 Å². The Kier molecular flexibility index (Phi) is 4.26. The zero-order valence-electron chi connectivity index (χ0n) is 11.6. The van der Waals surface area contributed by atoms with Crippen LogP contribution in [0.4, 0.5) is 10.1 Å². The van der Waals surface area contributed by atoms with Crippen LogP contribution in [0.15, 0.2) is 17.0 Å². The smallest absolute Gasteiger partial charge is 0.306 e. The van der Waals surface area contributed by atoms with Gasteiger partial charge in [0.05, 0.1) is 23.0 Å². The largest absolute Gasteiger partial charge is 0.378 e. The topological polar surface area (TPSA) is 89.8 Å². The molecule has 1 fully saturated rings. The molecular weight excluding hydrogens is 303 g/mol. The van der Waals surface area contributed by atoms with E-state index in [4.69, 9.17) is 4.74 Å². The van der Waals surface area contributed by atoms with Crippen molar-refractivity contribution in [3.05, 3.63) is 33.6 Å². The van der Waals surface area contributed by atoms with Gasteiger partial charge in [0.2, 0.25) is 15.8 Å². The summed E-state index contributed by atoms with van der Waals surface area (Å²) in [5.41, 5.74) is -0.918. The van der Waals surface area contributed by atoms with Gasteiger partial charge in [0.1, 0.15) is 0 Å². The zero-order chi connectivity index (χ0) is 15.8. The number of nitrogens with zero attached hydrogens (tertiary/aromatic N) is 2. The summed E-state index contributed by atoms with van der Waals surface area (Å²) in [5.74, 6) is -1.02.